The molecule has 6 heteroatoms. The zero-order chi connectivity index (χ0) is 17.8. The van der Waals surface area contributed by atoms with E-state index in [2.05, 4.69) is 10.3 Å². The molecule has 3 aromatic rings. The van der Waals surface area contributed by atoms with Gasteiger partial charge in [0.15, 0.2) is 11.5 Å². The van der Waals surface area contributed by atoms with E-state index in [1.807, 2.05) is 24.3 Å². The van der Waals surface area contributed by atoms with Crippen molar-refractivity contribution in [2.75, 3.05) is 18.5 Å². The minimum atomic E-state index is -0.265. The number of nitrogens with zero attached hydrogens (tertiary/aromatic N) is 1. The summed E-state index contributed by atoms with van der Waals surface area (Å²) in [5, 5.41) is 2.86. The van der Waals surface area contributed by atoms with Crippen molar-refractivity contribution in [3.63, 3.8) is 0 Å². The number of para-hydroxylation sites is 1. The van der Waals surface area contributed by atoms with Crippen molar-refractivity contribution in [2.45, 2.75) is 0 Å². The monoisotopic (exact) mass is 348 g/mol. The minimum Gasteiger partial charge on any atom is -0.486 e. The summed E-state index contributed by atoms with van der Waals surface area (Å²) in [6.45, 7) is 0.949. The maximum Gasteiger partial charge on any atom is 0.255 e. The molecule has 0 radical (unpaired) electrons. The predicted octanol–water partition coefficient (Wildman–Crippen LogP) is 3.90. The van der Waals surface area contributed by atoms with Gasteiger partial charge in [-0.25, -0.2) is 4.98 Å². The Morgan fingerprint density at radius 1 is 1.00 bits per heavy atom. The Morgan fingerprint density at radius 2 is 1.88 bits per heavy atom. The van der Waals surface area contributed by atoms with Crippen molar-refractivity contribution < 1.29 is 19.0 Å². The Balaban J connectivity index is 1.53. The highest BCUT2D eigenvalue weighted by atomic mass is 16.6. The van der Waals surface area contributed by atoms with Crippen LogP contribution in [0.2, 0.25) is 0 Å². The molecule has 26 heavy (non-hydrogen) atoms. The van der Waals surface area contributed by atoms with E-state index in [0.29, 0.717) is 47.6 Å². The molecule has 0 aliphatic carbocycles. The molecule has 0 unspecified atom stereocenters. The third kappa shape index (κ3) is 3.44. The highest BCUT2D eigenvalue weighted by Crippen LogP contribution is 2.37. The van der Waals surface area contributed by atoms with E-state index in [1.54, 1.807) is 42.6 Å². The van der Waals surface area contributed by atoms with Gasteiger partial charge in [-0.2, -0.15) is 0 Å². The van der Waals surface area contributed by atoms with E-state index in [9.17, 15) is 4.79 Å². The van der Waals surface area contributed by atoms with Crippen molar-refractivity contribution in [3.8, 4) is 23.1 Å². The van der Waals surface area contributed by atoms with Crippen LogP contribution in [0.4, 0.5) is 5.69 Å². The van der Waals surface area contributed by atoms with Gasteiger partial charge < -0.3 is 19.5 Å². The Bertz CT molecular complexity index is 928. The van der Waals surface area contributed by atoms with Crippen LogP contribution in [0.1, 0.15) is 10.4 Å². The van der Waals surface area contributed by atoms with Gasteiger partial charge in [-0.3, -0.25) is 4.79 Å². The summed E-state index contributed by atoms with van der Waals surface area (Å²) in [6, 6.07) is 17.7. The normalized spacial score (nSPS) is 12.3. The van der Waals surface area contributed by atoms with Gasteiger partial charge >= 0.3 is 0 Å². The number of ether oxygens (including phenoxy) is 3. The molecule has 0 bridgehead atoms. The van der Waals surface area contributed by atoms with Gasteiger partial charge in [0.25, 0.3) is 5.91 Å². The molecule has 6 nitrogen and oxygen atoms in total. The summed E-state index contributed by atoms with van der Waals surface area (Å²) in [6.07, 6.45) is 1.65. The number of carbonyl (C=O) groups excluding carboxylic acids is 1. The zero-order valence-corrected chi connectivity index (χ0v) is 13.8. The first kappa shape index (κ1) is 16.0. The van der Waals surface area contributed by atoms with Crippen LogP contribution < -0.4 is 19.5 Å². The number of rotatable bonds is 4. The largest absolute Gasteiger partial charge is 0.486 e. The fourth-order valence-electron chi connectivity index (χ4n) is 2.60. The molecule has 1 N–H and O–H groups in total. The third-order valence-corrected chi connectivity index (χ3v) is 3.77. The first-order chi connectivity index (χ1) is 12.8. The Labute approximate surface area is 150 Å². The molecule has 2 aromatic carbocycles. The number of anilines is 1. The van der Waals surface area contributed by atoms with Crippen LogP contribution in [-0.4, -0.2) is 24.1 Å². The lowest BCUT2D eigenvalue weighted by atomic mass is 10.2. The fraction of sp³-hybridized carbons (Fsp3) is 0.100. The lowest BCUT2D eigenvalue weighted by Crippen LogP contribution is -2.18. The molecule has 0 saturated carbocycles. The zero-order valence-electron chi connectivity index (χ0n) is 13.8. The summed E-state index contributed by atoms with van der Waals surface area (Å²) in [5.74, 6) is 1.91. The van der Waals surface area contributed by atoms with Crippen LogP contribution >= 0.6 is 0 Å². The molecule has 130 valence electrons. The first-order valence-corrected chi connectivity index (χ1v) is 8.18. The summed E-state index contributed by atoms with van der Waals surface area (Å²) in [5.41, 5.74) is 1.04. The van der Waals surface area contributed by atoms with E-state index in [4.69, 9.17) is 14.2 Å². The van der Waals surface area contributed by atoms with Crippen LogP contribution in [0, 0.1) is 0 Å². The first-order valence-electron chi connectivity index (χ1n) is 8.18. The molecule has 0 saturated heterocycles. The maximum atomic E-state index is 12.6. The van der Waals surface area contributed by atoms with E-state index < -0.39 is 0 Å². The molecule has 0 atom stereocenters. The average Bonchev–Trinajstić information content (AvgIpc) is 2.69. The van der Waals surface area contributed by atoms with Crippen molar-refractivity contribution in [1.29, 1.82) is 0 Å². The number of fused-ring (bicyclic) bond motifs is 1. The molecular formula is C20H16N2O4. The third-order valence-electron chi connectivity index (χ3n) is 3.77. The van der Waals surface area contributed by atoms with Crippen LogP contribution in [-0.2, 0) is 0 Å². The maximum absolute atomic E-state index is 12.6. The molecule has 1 aliphatic rings. The second kappa shape index (κ2) is 7.14. The number of hydrogen-bond donors (Lipinski definition) is 1. The molecule has 4 rings (SSSR count). The van der Waals surface area contributed by atoms with Gasteiger partial charge in [0.2, 0.25) is 5.88 Å². The van der Waals surface area contributed by atoms with Crippen molar-refractivity contribution in [3.05, 3.63) is 72.4 Å². The van der Waals surface area contributed by atoms with Crippen LogP contribution in [0.3, 0.4) is 0 Å². The Morgan fingerprint density at radius 3 is 2.77 bits per heavy atom. The Kier molecular flexibility index (Phi) is 4.38. The SMILES string of the molecule is O=C(Nc1cccc2c1OCCO2)c1cccc(Oc2ccccn2)c1. The number of aromatic nitrogens is 1. The lowest BCUT2D eigenvalue weighted by molar-refractivity contribution is 0.102. The van der Waals surface area contributed by atoms with Crippen LogP contribution in [0.5, 0.6) is 23.1 Å². The molecular weight excluding hydrogens is 332 g/mol. The lowest BCUT2D eigenvalue weighted by Gasteiger charge is -2.21. The van der Waals surface area contributed by atoms with Crippen molar-refractivity contribution >= 4 is 11.6 Å². The van der Waals surface area contributed by atoms with E-state index >= 15 is 0 Å². The Hall–Kier alpha value is -3.54. The van der Waals surface area contributed by atoms with Gasteiger partial charge in [0, 0.05) is 17.8 Å². The summed E-state index contributed by atoms with van der Waals surface area (Å²) >= 11 is 0. The number of carbonyl (C=O) groups is 1. The predicted molar refractivity (Wildman–Crippen MR) is 96.1 cm³/mol. The quantitative estimate of drug-likeness (QED) is 0.774. The number of nitrogens with one attached hydrogen (secondary N) is 1. The summed E-state index contributed by atoms with van der Waals surface area (Å²) in [7, 11) is 0. The van der Waals surface area contributed by atoms with Gasteiger partial charge in [-0.1, -0.05) is 18.2 Å². The van der Waals surface area contributed by atoms with Crippen LogP contribution in [0.25, 0.3) is 0 Å². The minimum absolute atomic E-state index is 0.265. The summed E-state index contributed by atoms with van der Waals surface area (Å²) < 4.78 is 16.8. The smallest absolute Gasteiger partial charge is 0.255 e. The fourth-order valence-corrected chi connectivity index (χ4v) is 2.60. The molecule has 1 amide bonds. The van der Waals surface area contributed by atoms with E-state index in [-0.39, 0.29) is 5.91 Å². The van der Waals surface area contributed by atoms with Crippen molar-refractivity contribution in [1.82, 2.24) is 4.98 Å². The molecule has 2 heterocycles. The number of hydrogen-bond acceptors (Lipinski definition) is 5. The van der Waals surface area contributed by atoms with Gasteiger partial charge in [-0.05, 0) is 36.4 Å². The molecule has 0 fully saturated rings. The highest BCUT2D eigenvalue weighted by molar-refractivity contribution is 6.05. The van der Waals surface area contributed by atoms with Gasteiger partial charge in [0.05, 0.1) is 5.69 Å². The average molecular weight is 348 g/mol. The van der Waals surface area contributed by atoms with E-state index in [0.717, 1.165) is 0 Å². The second-order valence-corrected chi connectivity index (χ2v) is 5.58. The van der Waals surface area contributed by atoms with Crippen LogP contribution in [0.15, 0.2) is 66.9 Å². The van der Waals surface area contributed by atoms with Gasteiger partial charge in [-0.15, -0.1) is 0 Å². The summed E-state index contributed by atoms with van der Waals surface area (Å²) in [4.78, 5) is 16.7. The topological polar surface area (TPSA) is 69.7 Å². The molecule has 1 aliphatic heterocycles. The number of pyridine rings is 1. The van der Waals surface area contributed by atoms with Crippen molar-refractivity contribution in [2.24, 2.45) is 0 Å². The number of amides is 1. The molecule has 0 spiro atoms. The number of benzene rings is 2. The second-order valence-electron chi connectivity index (χ2n) is 5.58. The molecule has 1 aromatic heterocycles. The van der Waals surface area contributed by atoms with Gasteiger partial charge in [0.1, 0.15) is 19.0 Å². The standard InChI is InChI=1S/C20H16N2O4/c23-20(22-16-7-4-8-17-19(16)25-12-11-24-17)14-5-3-6-15(13-14)26-18-9-1-2-10-21-18/h1-10,13H,11-12H2,(H,22,23). The van der Waals surface area contributed by atoms with E-state index in [1.165, 1.54) is 0 Å². The highest BCUT2D eigenvalue weighted by Gasteiger charge is 2.18.